The van der Waals surface area contributed by atoms with Gasteiger partial charge in [-0.25, -0.2) is 8.42 Å². The van der Waals surface area contributed by atoms with Crippen molar-refractivity contribution in [2.75, 3.05) is 26.9 Å². The highest BCUT2D eigenvalue weighted by atomic mass is 32.2. The highest BCUT2D eigenvalue weighted by Gasteiger charge is 2.54. The molecule has 0 aliphatic carbocycles. The fourth-order valence-corrected chi connectivity index (χ4v) is 5.33. The Kier molecular flexibility index (Phi) is 4.07. The summed E-state index contributed by atoms with van der Waals surface area (Å²) in [7, 11) is -2.62. The zero-order valence-corrected chi connectivity index (χ0v) is 13.6. The third kappa shape index (κ3) is 2.41. The van der Waals surface area contributed by atoms with Crippen LogP contribution in [0.1, 0.15) is 18.4 Å². The monoisotopic (exact) mass is 341 g/mol. The van der Waals surface area contributed by atoms with Crippen LogP contribution in [0, 0.1) is 0 Å². The predicted octanol–water partition coefficient (Wildman–Crippen LogP) is 0.876. The molecule has 0 spiro atoms. The Hall–Kier alpha value is -1.64. The topological polar surface area (TPSA) is 93.1 Å². The standard InChI is InChI=1S/C15H19NO6S/c1-21-10-15(14(17)18)7-3-8-16(15)23(19,20)12-5-2-4-11-6-9-22-13(11)12/h2,4-5H,3,6-10H2,1H3,(H,17,18). The number of fused-ring (bicyclic) bond motifs is 1. The van der Waals surface area contributed by atoms with Crippen molar-refractivity contribution in [1.29, 1.82) is 0 Å². The summed E-state index contributed by atoms with van der Waals surface area (Å²) in [6.07, 6.45) is 1.36. The molecular weight excluding hydrogens is 322 g/mol. The number of hydrogen-bond acceptors (Lipinski definition) is 5. The number of rotatable bonds is 5. The number of methoxy groups -OCH3 is 1. The Morgan fingerprint density at radius 1 is 1.48 bits per heavy atom. The largest absolute Gasteiger partial charge is 0.492 e. The van der Waals surface area contributed by atoms with Crippen molar-refractivity contribution >= 4 is 16.0 Å². The van der Waals surface area contributed by atoms with Gasteiger partial charge in [0.1, 0.15) is 10.6 Å². The number of hydrogen-bond donors (Lipinski definition) is 1. The van der Waals surface area contributed by atoms with Crippen LogP contribution in [0.3, 0.4) is 0 Å². The number of ether oxygens (including phenoxy) is 2. The molecular formula is C15H19NO6S. The van der Waals surface area contributed by atoms with E-state index in [1.165, 1.54) is 13.2 Å². The summed E-state index contributed by atoms with van der Waals surface area (Å²) in [5.41, 5.74) is -0.729. The van der Waals surface area contributed by atoms with Crippen LogP contribution in [0.25, 0.3) is 0 Å². The van der Waals surface area contributed by atoms with Gasteiger partial charge in [-0.1, -0.05) is 12.1 Å². The van der Waals surface area contributed by atoms with Gasteiger partial charge in [-0.05, 0) is 24.5 Å². The molecule has 2 aliphatic heterocycles. The van der Waals surface area contributed by atoms with Crippen LogP contribution in [0.2, 0.25) is 0 Å². The second-order valence-electron chi connectivity index (χ2n) is 5.79. The molecule has 1 saturated heterocycles. The van der Waals surface area contributed by atoms with Crippen LogP contribution in [0.4, 0.5) is 0 Å². The first-order chi connectivity index (χ1) is 10.9. The van der Waals surface area contributed by atoms with Crippen LogP contribution >= 0.6 is 0 Å². The second-order valence-corrected chi connectivity index (χ2v) is 7.62. The molecule has 126 valence electrons. The molecule has 1 fully saturated rings. The molecule has 2 heterocycles. The summed E-state index contributed by atoms with van der Waals surface area (Å²) < 4.78 is 37.8. The van der Waals surface area contributed by atoms with E-state index in [0.717, 1.165) is 9.87 Å². The number of carbonyl (C=O) groups is 1. The Bertz CT molecular complexity index is 731. The second kappa shape index (κ2) is 5.77. The molecule has 8 heteroatoms. The molecule has 1 aromatic carbocycles. The smallest absolute Gasteiger partial charge is 0.327 e. The molecule has 0 bridgehead atoms. The van der Waals surface area contributed by atoms with E-state index in [0.29, 0.717) is 25.2 Å². The first-order valence-corrected chi connectivity index (χ1v) is 8.87. The van der Waals surface area contributed by atoms with Crippen LogP contribution in [0.15, 0.2) is 23.1 Å². The van der Waals surface area contributed by atoms with Gasteiger partial charge in [-0.2, -0.15) is 4.31 Å². The molecule has 2 aliphatic rings. The molecule has 23 heavy (non-hydrogen) atoms. The van der Waals surface area contributed by atoms with Crippen LogP contribution in [-0.2, 0) is 26.0 Å². The summed E-state index contributed by atoms with van der Waals surface area (Å²) in [5, 5.41) is 9.65. The minimum atomic E-state index is -3.99. The number of benzene rings is 1. The minimum absolute atomic E-state index is 0.0381. The lowest BCUT2D eigenvalue weighted by atomic mass is 9.99. The minimum Gasteiger partial charge on any atom is -0.492 e. The molecule has 0 aromatic heterocycles. The molecule has 0 amide bonds. The number of nitrogens with zero attached hydrogens (tertiary/aromatic N) is 1. The Morgan fingerprint density at radius 3 is 2.96 bits per heavy atom. The average Bonchev–Trinajstić information content (AvgIpc) is 3.14. The molecule has 1 unspecified atom stereocenters. The molecule has 0 radical (unpaired) electrons. The van der Waals surface area contributed by atoms with E-state index >= 15 is 0 Å². The van der Waals surface area contributed by atoms with Crippen molar-refractivity contribution in [3.63, 3.8) is 0 Å². The number of carboxylic acid groups (broad SMARTS) is 1. The van der Waals surface area contributed by atoms with E-state index in [1.807, 2.05) is 6.07 Å². The summed E-state index contributed by atoms with van der Waals surface area (Å²) in [4.78, 5) is 11.9. The maximum absolute atomic E-state index is 13.1. The molecule has 7 nitrogen and oxygen atoms in total. The summed E-state index contributed by atoms with van der Waals surface area (Å²) in [6.45, 7) is 0.406. The fraction of sp³-hybridized carbons (Fsp3) is 0.533. The Balaban J connectivity index is 2.09. The van der Waals surface area contributed by atoms with Gasteiger partial charge in [-0.3, -0.25) is 4.79 Å². The van der Waals surface area contributed by atoms with Crippen LogP contribution < -0.4 is 4.74 Å². The molecule has 1 aromatic rings. The predicted molar refractivity (Wildman–Crippen MR) is 81.0 cm³/mol. The van der Waals surface area contributed by atoms with Gasteiger partial charge < -0.3 is 14.6 Å². The summed E-state index contributed by atoms with van der Waals surface area (Å²) >= 11 is 0. The maximum Gasteiger partial charge on any atom is 0.327 e. The first kappa shape index (κ1) is 16.2. The SMILES string of the molecule is COCC1(C(=O)O)CCCN1S(=O)(=O)c1cccc2c1OCC2. The molecule has 3 rings (SSSR count). The van der Waals surface area contributed by atoms with E-state index in [9.17, 15) is 18.3 Å². The lowest BCUT2D eigenvalue weighted by Gasteiger charge is -2.33. The van der Waals surface area contributed by atoms with E-state index in [1.54, 1.807) is 6.07 Å². The first-order valence-electron chi connectivity index (χ1n) is 7.43. The number of sulfonamides is 1. The van der Waals surface area contributed by atoms with E-state index in [4.69, 9.17) is 9.47 Å². The van der Waals surface area contributed by atoms with Gasteiger partial charge in [0.05, 0.1) is 13.2 Å². The highest BCUT2D eigenvalue weighted by Crippen LogP contribution is 2.40. The number of para-hydroxylation sites is 1. The summed E-state index contributed by atoms with van der Waals surface area (Å²) in [6, 6.07) is 4.96. The quantitative estimate of drug-likeness (QED) is 0.854. The Morgan fingerprint density at radius 2 is 2.26 bits per heavy atom. The van der Waals surface area contributed by atoms with Crippen molar-refractivity contribution in [2.24, 2.45) is 0 Å². The fourth-order valence-electron chi connectivity index (χ4n) is 3.37. The van der Waals surface area contributed by atoms with Crippen molar-refractivity contribution in [3.05, 3.63) is 23.8 Å². The lowest BCUT2D eigenvalue weighted by Crippen LogP contribution is -2.55. The molecule has 1 atom stereocenters. The average molecular weight is 341 g/mol. The van der Waals surface area contributed by atoms with Crippen LogP contribution in [0.5, 0.6) is 5.75 Å². The van der Waals surface area contributed by atoms with Gasteiger partial charge in [0.2, 0.25) is 10.0 Å². The van der Waals surface area contributed by atoms with E-state index in [-0.39, 0.29) is 24.5 Å². The zero-order valence-electron chi connectivity index (χ0n) is 12.8. The molecule has 0 saturated carbocycles. The summed E-state index contributed by atoms with van der Waals surface area (Å²) in [5.74, 6) is -0.843. The highest BCUT2D eigenvalue weighted by molar-refractivity contribution is 7.89. The third-order valence-electron chi connectivity index (χ3n) is 4.46. The van der Waals surface area contributed by atoms with E-state index < -0.39 is 21.5 Å². The van der Waals surface area contributed by atoms with Gasteiger partial charge in [-0.15, -0.1) is 0 Å². The van der Waals surface area contributed by atoms with Crippen molar-refractivity contribution in [3.8, 4) is 5.75 Å². The van der Waals surface area contributed by atoms with Gasteiger partial charge >= 0.3 is 5.97 Å². The van der Waals surface area contributed by atoms with Crippen molar-refractivity contribution in [1.82, 2.24) is 4.31 Å². The van der Waals surface area contributed by atoms with Gasteiger partial charge in [0.15, 0.2) is 5.54 Å². The Labute approximate surface area is 134 Å². The van der Waals surface area contributed by atoms with Crippen molar-refractivity contribution in [2.45, 2.75) is 29.7 Å². The normalized spacial score (nSPS) is 24.4. The van der Waals surface area contributed by atoms with Crippen LogP contribution in [-0.4, -0.2) is 56.2 Å². The lowest BCUT2D eigenvalue weighted by molar-refractivity contribution is -0.150. The third-order valence-corrected chi connectivity index (χ3v) is 6.45. The number of carboxylic acids is 1. The molecule has 1 N–H and O–H groups in total. The van der Waals surface area contributed by atoms with Crippen molar-refractivity contribution < 1.29 is 27.8 Å². The zero-order chi connectivity index (χ0) is 16.7. The number of aliphatic carboxylic acids is 1. The maximum atomic E-state index is 13.1. The van der Waals surface area contributed by atoms with Gasteiger partial charge in [0, 0.05) is 20.1 Å². The van der Waals surface area contributed by atoms with Gasteiger partial charge in [0.25, 0.3) is 0 Å². The van der Waals surface area contributed by atoms with E-state index in [2.05, 4.69) is 0 Å².